The molecular weight excluding hydrogens is 414 g/mol. The molecule has 2 aliphatic rings. The molecule has 0 spiro atoms. The molecule has 0 unspecified atom stereocenters. The number of halogens is 2. The van der Waals surface area contributed by atoms with Gasteiger partial charge in [-0.05, 0) is 0 Å². The van der Waals surface area contributed by atoms with Gasteiger partial charge in [-0.1, -0.05) is 52.4 Å². The molecule has 0 saturated heterocycles. The van der Waals surface area contributed by atoms with Crippen LogP contribution < -0.4 is 24.8 Å². The molecule has 0 heterocycles. The summed E-state index contributed by atoms with van der Waals surface area (Å²) in [4.78, 5) is 0. The summed E-state index contributed by atoms with van der Waals surface area (Å²) < 4.78 is 1.51. The van der Waals surface area contributed by atoms with Gasteiger partial charge in [0.25, 0.3) is 0 Å². The Morgan fingerprint density at radius 2 is 1.04 bits per heavy atom. The van der Waals surface area contributed by atoms with Crippen LogP contribution in [0.25, 0.3) is 0 Å². The van der Waals surface area contributed by atoms with Crippen LogP contribution in [0.4, 0.5) is 0 Å². The van der Waals surface area contributed by atoms with Crippen LogP contribution >= 0.6 is 0 Å². The van der Waals surface area contributed by atoms with E-state index in [1.54, 1.807) is 24.2 Å². The quantitative estimate of drug-likeness (QED) is 0.467. The number of allylic oxidation sites excluding steroid dienone is 8. The van der Waals surface area contributed by atoms with Crippen molar-refractivity contribution in [2.75, 3.05) is 0 Å². The molecule has 0 N–H and O–H groups in total. The standard InChI is InChI=1S/2C9H13.C3H6.2ClH.Zr/c2*1-9(2,3)8-6-4-5-7-8;1-3-2;;;/h2*6-7H,4H2,1-3H3;1-2H3;2*1H;/q2*-1;;;;+2/p-2. The minimum atomic E-state index is 0. The van der Waals surface area contributed by atoms with Crippen molar-refractivity contribution in [2.45, 2.75) is 68.2 Å². The van der Waals surface area contributed by atoms with E-state index in [1.807, 2.05) is 0 Å². The number of rotatable bonds is 0. The topological polar surface area (TPSA) is 0 Å². The van der Waals surface area contributed by atoms with Crippen molar-refractivity contribution in [1.82, 2.24) is 0 Å². The van der Waals surface area contributed by atoms with Crippen LogP contribution in [0.1, 0.15) is 68.2 Å². The smallest absolute Gasteiger partial charge is 1.00 e. The molecular formula is C21H32Cl2Zr-2. The Balaban J connectivity index is -0.000000283. The summed E-state index contributed by atoms with van der Waals surface area (Å²) in [7, 11) is 0. The van der Waals surface area contributed by atoms with Crippen LogP contribution in [0.3, 0.4) is 0 Å². The Labute approximate surface area is 178 Å². The van der Waals surface area contributed by atoms with Crippen molar-refractivity contribution in [3.63, 3.8) is 0 Å². The molecule has 0 nitrogen and oxygen atoms in total. The summed E-state index contributed by atoms with van der Waals surface area (Å²) in [5.74, 6) is 0. The minimum Gasteiger partial charge on any atom is -1.00 e. The molecule has 2 aliphatic carbocycles. The molecule has 0 aromatic carbocycles. The van der Waals surface area contributed by atoms with Crippen molar-refractivity contribution < 1.29 is 49.0 Å². The van der Waals surface area contributed by atoms with Gasteiger partial charge in [-0.2, -0.15) is 23.3 Å². The second kappa shape index (κ2) is 13.5. The number of hydrogen-bond acceptors (Lipinski definition) is 0. The Morgan fingerprint density at radius 3 is 1.12 bits per heavy atom. The van der Waals surface area contributed by atoms with Crippen LogP contribution in [0.15, 0.2) is 35.5 Å². The Morgan fingerprint density at radius 1 is 0.792 bits per heavy atom. The summed E-state index contributed by atoms with van der Waals surface area (Å²) in [5, 5.41) is 0. The van der Waals surface area contributed by atoms with Crippen molar-refractivity contribution in [1.29, 1.82) is 0 Å². The first kappa shape index (κ1) is 29.1. The zero-order chi connectivity index (χ0) is 17.4. The fourth-order valence-corrected chi connectivity index (χ4v) is 1.84. The second-order valence-corrected chi connectivity index (χ2v) is 10.4. The molecule has 0 saturated carbocycles. The average Bonchev–Trinajstić information content (AvgIpc) is 3.02. The third-order valence-electron chi connectivity index (χ3n) is 3.13. The average molecular weight is 447 g/mol. The molecule has 136 valence electrons. The summed E-state index contributed by atoms with van der Waals surface area (Å²) in [6.07, 6.45) is 17.0. The van der Waals surface area contributed by atoms with Crippen molar-refractivity contribution in [2.24, 2.45) is 10.8 Å². The summed E-state index contributed by atoms with van der Waals surface area (Å²) >= 11 is 1.55. The third kappa shape index (κ3) is 14.6. The zero-order valence-corrected chi connectivity index (χ0v) is 20.4. The first-order valence-electron chi connectivity index (χ1n) is 8.01. The van der Waals surface area contributed by atoms with E-state index in [2.05, 4.69) is 91.8 Å². The summed E-state index contributed by atoms with van der Waals surface area (Å²) in [6.45, 7) is 17.6. The molecule has 0 atom stereocenters. The van der Waals surface area contributed by atoms with Gasteiger partial charge in [-0.25, -0.2) is 12.2 Å². The molecule has 24 heavy (non-hydrogen) atoms. The van der Waals surface area contributed by atoms with Gasteiger partial charge in [0.1, 0.15) is 0 Å². The van der Waals surface area contributed by atoms with Gasteiger partial charge in [0.15, 0.2) is 0 Å². The van der Waals surface area contributed by atoms with E-state index in [4.69, 9.17) is 0 Å². The largest absolute Gasteiger partial charge is 1.00 e. The minimum absolute atomic E-state index is 0. The van der Waals surface area contributed by atoms with E-state index in [1.165, 1.54) is 14.4 Å². The van der Waals surface area contributed by atoms with Crippen molar-refractivity contribution in [3.05, 3.63) is 47.6 Å². The maximum absolute atomic E-state index is 3.16. The fourth-order valence-electron chi connectivity index (χ4n) is 1.84. The normalized spacial score (nSPS) is 14.9. The summed E-state index contributed by atoms with van der Waals surface area (Å²) in [6, 6.07) is 0. The van der Waals surface area contributed by atoms with Gasteiger partial charge in [-0.3, -0.25) is 12.2 Å². The molecule has 0 aromatic rings. The van der Waals surface area contributed by atoms with E-state index >= 15 is 0 Å². The van der Waals surface area contributed by atoms with Crippen molar-refractivity contribution >= 4 is 3.21 Å². The Kier molecular flexibility index (Phi) is 16.3. The maximum Gasteiger partial charge on any atom is -1.00 e. The fraction of sp³-hybridized carbons (Fsp3) is 0.571. The second-order valence-electron chi connectivity index (χ2n) is 7.92. The molecule has 2 rings (SSSR count). The van der Waals surface area contributed by atoms with Gasteiger partial charge < -0.3 is 24.8 Å². The third-order valence-corrected chi connectivity index (χ3v) is 3.13. The SMILES string of the molecule is CC(C)(C)C1=CC[C-]=C1.CC(C)(C)C1=CC[C-]=C1.C[C](C)=[Zr+2].[Cl-].[Cl-]. The van der Waals surface area contributed by atoms with Crippen molar-refractivity contribution in [3.8, 4) is 0 Å². The van der Waals surface area contributed by atoms with Crippen LogP contribution in [-0.2, 0) is 24.2 Å². The molecule has 0 amide bonds. The van der Waals surface area contributed by atoms with E-state index in [-0.39, 0.29) is 24.8 Å². The Hall–Kier alpha value is 0.293. The predicted molar refractivity (Wildman–Crippen MR) is 96.3 cm³/mol. The molecule has 0 bridgehead atoms. The molecule has 0 aromatic heterocycles. The van der Waals surface area contributed by atoms with Crippen LogP contribution in [-0.4, -0.2) is 3.21 Å². The van der Waals surface area contributed by atoms with Gasteiger partial charge in [0, 0.05) is 0 Å². The van der Waals surface area contributed by atoms with Crippen LogP contribution in [0.2, 0.25) is 0 Å². The molecule has 0 radical (unpaired) electrons. The van der Waals surface area contributed by atoms with Gasteiger partial charge in [-0.15, -0.1) is 12.8 Å². The van der Waals surface area contributed by atoms with Crippen LogP contribution in [0.5, 0.6) is 0 Å². The Bertz CT molecular complexity index is 437. The summed E-state index contributed by atoms with van der Waals surface area (Å²) in [5.41, 5.74) is 3.48. The van der Waals surface area contributed by atoms with Gasteiger partial charge >= 0.3 is 41.3 Å². The first-order valence-corrected chi connectivity index (χ1v) is 9.23. The van der Waals surface area contributed by atoms with E-state index in [0.717, 1.165) is 12.8 Å². The molecule has 0 aliphatic heterocycles. The van der Waals surface area contributed by atoms with E-state index in [9.17, 15) is 0 Å². The zero-order valence-electron chi connectivity index (χ0n) is 16.5. The van der Waals surface area contributed by atoms with Gasteiger partial charge in [0.2, 0.25) is 0 Å². The van der Waals surface area contributed by atoms with Crippen LogP contribution in [0, 0.1) is 23.0 Å². The number of hydrogen-bond donors (Lipinski definition) is 0. The molecule has 3 heteroatoms. The maximum atomic E-state index is 3.16. The first-order chi connectivity index (χ1) is 9.94. The van der Waals surface area contributed by atoms with E-state index in [0.29, 0.717) is 10.8 Å². The van der Waals surface area contributed by atoms with E-state index < -0.39 is 0 Å². The molecule has 0 fully saturated rings. The van der Waals surface area contributed by atoms with Gasteiger partial charge in [0.05, 0.1) is 0 Å². The predicted octanol–water partition coefficient (Wildman–Crippen LogP) is 0.197. The monoisotopic (exact) mass is 444 g/mol.